The smallest absolute Gasteiger partial charge is 0.261 e. The molecule has 0 aliphatic heterocycles. The standard InChI is InChI=1S/C21H18Cl2N4O2S/c1-2-29-17-5-3-6-18-19(17)25-21(30-18)27(12-11-26-10-4-9-24-26)20(28)15-8-7-14(22)13-16(15)23/h3-10,13H,2,11-12H2,1H3. The van der Waals surface area contributed by atoms with Gasteiger partial charge < -0.3 is 4.74 Å². The topological polar surface area (TPSA) is 60.2 Å². The van der Waals surface area contributed by atoms with Gasteiger partial charge in [0.2, 0.25) is 0 Å². The Balaban J connectivity index is 1.73. The van der Waals surface area contributed by atoms with Crippen molar-refractivity contribution in [2.75, 3.05) is 18.1 Å². The third-order valence-corrected chi connectivity index (χ3v) is 6.01. The number of carbonyl (C=O) groups is 1. The number of thiazole rings is 1. The van der Waals surface area contributed by atoms with Crippen molar-refractivity contribution in [1.29, 1.82) is 0 Å². The summed E-state index contributed by atoms with van der Waals surface area (Å²) in [6.07, 6.45) is 3.55. The highest BCUT2D eigenvalue weighted by atomic mass is 35.5. The van der Waals surface area contributed by atoms with Crippen LogP contribution >= 0.6 is 34.5 Å². The predicted molar refractivity (Wildman–Crippen MR) is 121 cm³/mol. The van der Waals surface area contributed by atoms with E-state index in [1.807, 2.05) is 37.4 Å². The Kier molecular flexibility index (Phi) is 6.22. The maximum absolute atomic E-state index is 13.4. The highest BCUT2D eigenvalue weighted by molar-refractivity contribution is 7.22. The number of ether oxygens (including phenoxy) is 1. The molecule has 30 heavy (non-hydrogen) atoms. The van der Waals surface area contributed by atoms with Gasteiger partial charge >= 0.3 is 0 Å². The molecule has 0 aliphatic rings. The van der Waals surface area contributed by atoms with Crippen LogP contribution in [0.1, 0.15) is 17.3 Å². The van der Waals surface area contributed by atoms with E-state index in [2.05, 4.69) is 5.10 Å². The summed E-state index contributed by atoms with van der Waals surface area (Å²) in [4.78, 5) is 19.8. The van der Waals surface area contributed by atoms with E-state index in [1.54, 1.807) is 34.0 Å². The van der Waals surface area contributed by atoms with Gasteiger partial charge in [-0.15, -0.1) is 0 Å². The minimum atomic E-state index is -0.249. The van der Waals surface area contributed by atoms with Gasteiger partial charge in [0.25, 0.3) is 5.91 Å². The molecule has 0 saturated carbocycles. The fraction of sp³-hybridized carbons (Fsp3) is 0.190. The first-order valence-corrected chi connectivity index (χ1v) is 10.9. The number of carbonyl (C=O) groups excluding carboxylic acids is 1. The molecule has 0 fully saturated rings. The monoisotopic (exact) mass is 460 g/mol. The van der Waals surface area contributed by atoms with Crippen molar-refractivity contribution in [3.05, 3.63) is 70.5 Å². The molecule has 6 nitrogen and oxygen atoms in total. The third-order valence-electron chi connectivity index (χ3n) is 4.42. The summed E-state index contributed by atoms with van der Waals surface area (Å²) in [6, 6.07) is 12.4. The van der Waals surface area contributed by atoms with Crippen LogP contribution in [0.25, 0.3) is 10.2 Å². The molecular formula is C21H18Cl2N4O2S. The number of hydrogen-bond acceptors (Lipinski definition) is 5. The van der Waals surface area contributed by atoms with Crippen LogP contribution in [0.4, 0.5) is 5.13 Å². The lowest BCUT2D eigenvalue weighted by Gasteiger charge is -2.20. The number of amides is 1. The quantitative estimate of drug-likeness (QED) is 0.362. The highest BCUT2D eigenvalue weighted by Gasteiger charge is 2.24. The normalized spacial score (nSPS) is 11.0. The zero-order valence-corrected chi connectivity index (χ0v) is 18.4. The SMILES string of the molecule is CCOc1cccc2sc(N(CCn3cccn3)C(=O)c3ccc(Cl)cc3Cl)nc12. The van der Waals surface area contributed by atoms with Gasteiger partial charge in [0, 0.05) is 24.0 Å². The first kappa shape index (κ1) is 20.7. The number of aromatic nitrogens is 3. The zero-order chi connectivity index (χ0) is 21.1. The fourth-order valence-corrected chi connectivity index (χ4v) is 4.52. The molecule has 4 aromatic rings. The Morgan fingerprint density at radius 3 is 2.83 bits per heavy atom. The summed E-state index contributed by atoms with van der Waals surface area (Å²) in [6.45, 7) is 3.35. The predicted octanol–water partition coefficient (Wildman–Crippen LogP) is 5.55. The molecule has 0 radical (unpaired) electrons. The second-order valence-electron chi connectivity index (χ2n) is 6.38. The molecule has 2 aromatic heterocycles. The average molecular weight is 461 g/mol. The molecule has 0 aliphatic carbocycles. The first-order valence-electron chi connectivity index (χ1n) is 9.33. The van der Waals surface area contributed by atoms with Gasteiger partial charge in [-0.25, -0.2) is 4.98 Å². The average Bonchev–Trinajstić information content (AvgIpc) is 3.38. The minimum Gasteiger partial charge on any atom is -0.492 e. The van der Waals surface area contributed by atoms with Crippen LogP contribution in [-0.4, -0.2) is 33.8 Å². The van der Waals surface area contributed by atoms with E-state index < -0.39 is 0 Å². The Morgan fingerprint density at radius 2 is 2.10 bits per heavy atom. The molecule has 1 amide bonds. The first-order chi connectivity index (χ1) is 14.6. The van der Waals surface area contributed by atoms with E-state index in [0.29, 0.717) is 46.2 Å². The molecule has 0 atom stereocenters. The molecule has 154 valence electrons. The van der Waals surface area contributed by atoms with Gasteiger partial charge in [-0.2, -0.15) is 5.10 Å². The minimum absolute atomic E-state index is 0.249. The maximum Gasteiger partial charge on any atom is 0.261 e. The molecule has 0 spiro atoms. The summed E-state index contributed by atoms with van der Waals surface area (Å²) >= 11 is 13.7. The van der Waals surface area contributed by atoms with E-state index in [1.165, 1.54) is 11.3 Å². The molecule has 2 heterocycles. The van der Waals surface area contributed by atoms with E-state index in [9.17, 15) is 4.79 Å². The van der Waals surface area contributed by atoms with Crippen LogP contribution in [0, 0.1) is 0 Å². The summed E-state index contributed by atoms with van der Waals surface area (Å²) < 4.78 is 8.41. The largest absolute Gasteiger partial charge is 0.492 e. The number of halogens is 2. The fourth-order valence-electron chi connectivity index (χ4n) is 3.03. The van der Waals surface area contributed by atoms with Crippen molar-refractivity contribution >= 4 is 55.8 Å². The van der Waals surface area contributed by atoms with Gasteiger partial charge in [0.15, 0.2) is 5.13 Å². The van der Waals surface area contributed by atoms with Crippen LogP contribution in [-0.2, 0) is 6.54 Å². The summed E-state index contributed by atoms with van der Waals surface area (Å²) in [5.74, 6) is 0.447. The lowest BCUT2D eigenvalue weighted by molar-refractivity contribution is 0.0986. The Morgan fingerprint density at radius 1 is 1.23 bits per heavy atom. The molecule has 2 aromatic carbocycles. The zero-order valence-electron chi connectivity index (χ0n) is 16.1. The molecule has 4 rings (SSSR count). The number of hydrogen-bond donors (Lipinski definition) is 0. The summed E-state index contributed by atoms with van der Waals surface area (Å²) in [5, 5.41) is 5.56. The highest BCUT2D eigenvalue weighted by Crippen LogP contribution is 2.35. The Bertz CT molecular complexity index is 1180. The van der Waals surface area contributed by atoms with Crippen molar-refractivity contribution in [1.82, 2.24) is 14.8 Å². The van der Waals surface area contributed by atoms with Crippen molar-refractivity contribution in [3.8, 4) is 5.75 Å². The van der Waals surface area contributed by atoms with Gasteiger partial charge in [-0.3, -0.25) is 14.4 Å². The van der Waals surface area contributed by atoms with Crippen molar-refractivity contribution in [3.63, 3.8) is 0 Å². The molecular weight excluding hydrogens is 443 g/mol. The molecule has 0 saturated heterocycles. The number of nitrogens with zero attached hydrogens (tertiary/aromatic N) is 4. The van der Waals surface area contributed by atoms with Crippen molar-refractivity contribution in [2.45, 2.75) is 13.5 Å². The van der Waals surface area contributed by atoms with Gasteiger partial charge in [0.1, 0.15) is 11.3 Å². The van der Waals surface area contributed by atoms with Crippen LogP contribution in [0.5, 0.6) is 5.75 Å². The van der Waals surface area contributed by atoms with Crippen molar-refractivity contribution in [2.24, 2.45) is 0 Å². The Hall–Kier alpha value is -2.61. The van der Waals surface area contributed by atoms with E-state index >= 15 is 0 Å². The molecule has 9 heteroatoms. The van der Waals surface area contributed by atoms with Gasteiger partial charge in [-0.1, -0.05) is 40.6 Å². The molecule has 0 unspecified atom stereocenters. The van der Waals surface area contributed by atoms with E-state index in [-0.39, 0.29) is 5.91 Å². The number of anilines is 1. The van der Waals surface area contributed by atoms with Crippen LogP contribution < -0.4 is 9.64 Å². The second kappa shape index (κ2) is 9.04. The number of fused-ring (bicyclic) bond motifs is 1. The van der Waals surface area contributed by atoms with E-state index in [0.717, 1.165) is 10.2 Å². The van der Waals surface area contributed by atoms with Gasteiger partial charge in [-0.05, 0) is 43.3 Å². The number of benzene rings is 2. The number of rotatable bonds is 7. The van der Waals surface area contributed by atoms with Gasteiger partial charge in [0.05, 0.1) is 28.4 Å². The molecule has 0 bridgehead atoms. The maximum atomic E-state index is 13.4. The molecule has 0 N–H and O–H groups in total. The Labute approximate surface area is 187 Å². The van der Waals surface area contributed by atoms with E-state index in [4.69, 9.17) is 32.9 Å². The lowest BCUT2D eigenvalue weighted by Crippen LogP contribution is -2.34. The second-order valence-corrected chi connectivity index (χ2v) is 8.24. The summed E-state index contributed by atoms with van der Waals surface area (Å²) in [7, 11) is 0. The van der Waals surface area contributed by atoms with Crippen molar-refractivity contribution < 1.29 is 9.53 Å². The summed E-state index contributed by atoms with van der Waals surface area (Å²) in [5.41, 5.74) is 1.10. The van der Waals surface area contributed by atoms with Crippen LogP contribution in [0.2, 0.25) is 10.0 Å². The lowest BCUT2D eigenvalue weighted by atomic mass is 10.2. The van der Waals surface area contributed by atoms with Crippen LogP contribution in [0.15, 0.2) is 54.9 Å². The number of para-hydroxylation sites is 1. The van der Waals surface area contributed by atoms with Crippen LogP contribution in [0.3, 0.4) is 0 Å². The third kappa shape index (κ3) is 4.28.